The van der Waals surface area contributed by atoms with Crippen LogP contribution in [-0.4, -0.2) is 21.0 Å². The Kier molecular flexibility index (Phi) is 7.18. The highest BCUT2D eigenvalue weighted by Crippen LogP contribution is 2.38. The summed E-state index contributed by atoms with van der Waals surface area (Å²) < 4.78 is 45.1. The maximum Gasteiger partial charge on any atom is 0.416 e. The molecule has 0 aliphatic carbocycles. The minimum atomic E-state index is -4.75. The minimum absolute atomic E-state index is 0.0972. The van der Waals surface area contributed by atoms with Gasteiger partial charge in [0.05, 0.1) is 21.9 Å². The molecule has 7 nitrogen and oxygen atoms in total. The summed E-state index contributed by atoms with van der Waals surface area (Å²) in [6.07, 6.45) is -3.27. The number of hydrogen-bond donors (Lipinski definition) is 0. The first-order chi connectivity index (χ1) is 17.0. The standard InChI is InChI=1S/C24H14BrF3N2O5S/c25-17-5-1-4-15(9-17)13-29-22(31)21(36-23(29)32)11-14-3-2-6-18(10-14)35-20-8-7-16(24(26,27)28)12-19(20)30(33)34/h1-12H,13H2/b21-11+. The fourth-order valence-electron chi connectivity index (χ4n) is 3.32. The van der Waals surface area contributed by atoms with E-state index in [9.17, 15) is 32.9 Å². The lowest BCUT2D eigenvalue weighted by Gasteiger charge is -2.12. The molecule has 4 rings (SSSR count). The topological polar surface area (TPSA) is 89.7 Å². The molecular weight excluding hydrogens is 565 g/mol. The van der Waals surface area contributed by atoms with E-state index >= 15 is 0 Å². The number of rotatable bonds is 6. The number of halogens is 4. The zero-order valence-electron chi connectivity index (χ0n) is 18.0. The van der Waals surface area contributed by atoms with Crippen LogP contribution in [0.15, 0.2) is 76.1 Å². The number of benzene rings is 3. The predicted molar refractivity (Wildman–Crippen MR) is 130 cm³/mol. The predicted octanol–water partition coefficient (Wildman–Crippen LogP) is 7.40. The summed E-state index contributed by atoms with van der Waals surface area (Å²) >= 11 is 4.12. The van der Waals surface area contributed by atoms with E-state index in [1.54, 1.807) is 30.3 Å². The molecule has 0 unspecified atom stereocenters. The number of imide groups is 1. The Bertz CT molecular complexity index is 1410. The Hall–Kier alpha value is -3.64. The van der Waals surface area contributed by atoms with Gasteiger partial charge in [-0.15, -0.1) is 0 Å². The van der Waals surface area contributed by atoms with Gasteiger partial charge < -0.3 is 4.74 Å². The summed E-state index contributed by atoms with van der Waals surface area (Å²) in [4.78, 5) is 36.9. The molecule has 1 fully saturated rings. The maximum atomic E-state index is 12.9. The monoisotopic (exact) mass is 578 g/mol. The number of ether oxygens (including phenoxy) is 1. The van der Waals surface area contributed by atoms with Gasteiger partial charge in [-0.3, -0.25) is 24.6 Å². The van der Waals surface area contributed by atoms with Crippen LogP contribution in [0.5, 0.6) is 11.5 Å². The van der Waals surface area contributed by atoms with Gasteiger partial charge in [0.25, 0.3) is 11.1 Å². The van der Waals surface area contributed by atoms with Gasteiger partial charge >= 0.3 is 11.9 Å². The number of thioether (sulfide) groups is 1. The van der Waals surface area contributed by atoms with Crippen LogP contribution in [0.25, 0.3) is 6.08 Å². The summed E-state index contributed by atoms with van der Waals surface area (Å²) in [6.45, 7) is 0.0994. The maximum absolute atomic E-state index is 12.9. The van der Waals surface area contributed by atoms with Gasteiger partial charge in [0.2, 0.25) is 5.75 Å². The zero-order valence-corrected chi connectivity index (χ0v) is 20.4. The fourth-order valence-corrected chi connectivity index (χ4v) is 4.61. The molecular formula is C24H14BrF3N2O5S. The fraction of sp³-hybridized carbons (Fsp3) is 0.0833. The van der Waals surface area contributed by atoms with E-state index < -0.39 is 33.5 Å². The van der Waals surface area contributed by atoms with Gasteiger partial charge in [-0.25, -0.2) is 0 Å². The summed E-state index contributed by atoms with van der Waals surface area (Å²) in [5.74, 6) is -0.755. The first-order valence-corrected chi connectivity index (χ1v) is 11.8. The zero-order chi connectivity index (χ0) is 26.0. The van der Waals surface area contributed by atoms with E-state index in [2.05, 4.69) is 15.9 Å². The Morgan fingerprint density at radius 3 is 2.50 bits per heavy atom. The van der Waals surface area contributed by atoms with Crippen molar-refractivity contribution in [3.63, 3.8) is 0 Å². The SMILES string of the molecule is O=C1S/C(=C/c2cccc(Oc3ccc(C(F)(F)F)cc3[N+](=O)[O-])c2)C(=O)N1Cc1cccc(Br)c1. The number of alkyl halides is 3. The number of hydrogen-bond acceptors (Lipinski definition) is 6. The molecule has 1 aliphatic rings. The molecule has 0 saturated carbocycles. The lowest BCUT2D eigenvalue weighted by Crippen LogP contribution is -2.27. The smallest absolute Gasteiger partial charge is 0.416 e. The second-order valence-corrected chi connectivity index (χ2v) is 9.42. The molecule has 1 heterocycles. The molecule has 36 heavy (non-hydrogen) atoms. The molecule has 3 aromatic carbocycles. The van der Waals surface area contributed by atoms with Crippen LogP contribution in [0.1, 0.15) is 16.7 Å². The number of amides is 2. The third kappa shape index (κ3) is 5.77. The van der Waals surface area contributed by atoms with Gasteiger partial charge in [0.15, 0.2) is 0 Å². The average Bonchev–Trinajstić information content (AvgIpc) is 3.06. The first kappa shape index (κ1) is 25.5. The molecule has 0 radical (unpaired) electrons. The third-order valence-corrected chi connectivity index (χ3v) is 6.37. The molecule has 2 amide bonds. The van der Waals surface area contributed by atoms with Crippen molar-refractivity contribution in [2.75, 3.05) is 0 Å². The van der Waals surface area contributed by atoms with Crippen molar-refractivity contribution < 1.29 is 32.4 Å². The molecule has 0 atom stereocenters. The second kappa shape index (κ2) is 10.2. The average molecular weight is 579 g/mol. The van der Waals surface area contributed by atoms with E-state index in [0.717, 1.165) is 32.8 Å². The van der Waals surface area contributed by atoms with Gasteiger partial charge in [-0.1, -0.05) is 40.2 Å². The van der Waals surface area contributed by atoms with Crippen LogP contribution in [0.2, 0.25) is 0 Å². The van der Waals surface area contributed by atoms with Crippen LogP contribution in [-0.2, 0) is 17.5 Å². The Morgan fingerprint density at radius 2 is 1.81 bits per heavy atom. The molecule has 0 spiro atoms. The van der Waals surface area contributed by atoms with Crippen LogP contribution >= 0.6 is 27.7 Å². The van der Waals surface area contributed by atoms with Crippen LogP contribution in [0.3, 0.4) is 0 Å². The molecule has 0 bridgehead atoms. The van der Waals surface area contributed by atoms with Crippen molar-refractivity contribution in [2.24, 2.45) is 0 Å². The van der Waals surface area contributed by atoms with E-state index in [-0.39, 0.29) is 22.9 Å². The van der Waals surface area contributed by atoms with Crippen molar-refractivity contribution in [3.05, 3.63) is 103 Å². The van der Waals surface area contributed by atoms with Gasteiger partial charge in [0, 0.05) is 10.5 Å². The Labute approximate surface area is 214 Å². The largest absolute Gasteiger partial charge is 0.450 e. The van der Waals surface area contributed by atoms with Gasteiger partial charge in [0.1, 0.15) is 5.75 Å². The number of nitro benzene ring substituents is 1. The van der Waals surface area contributed by atoms with E-state index in [4.69, 9.17) is 4.74 Å². The molecule has 184 valence electrons. The molecule has 0 aromatic heterocycles. The highest BCUT2D eigenvalue weighted by Gasteiger charge is 2.35. The number of carbonyl (C=O) groups excluding carboxylic acids is 2. The van der Waals surface area contributed by atoms with Gasteiger partial charge in [-0.05, 0) is 65.4 Å². The lowest BCUT2D eigenvalue weighted by atomic mass is 10.1. The van der Waals surface area contributed by atoms with E-state index in [1.807, 2.05) is 6.07 Å². The summed E-state index contributed by atoms with van der Waals surface area (Å²) in [5.41, 5.74) is -0.797. The lowest BCUT2D eigenvalue weighted by molar-refractivity contribution is -0.385. The molecule has 3 aromatic rings. The first-order valence-electron chi connectivity index (χ1n) is 10.1. The van der Waals surface area contributed by atoms with Crippen LogP contribution in [0, 0.1) is 10.1 Å². The van der Waals surface area contributed by atoms with Crippen molar-refractivity contribution in [1.82, 2.24) is 4.90 Å². The van der Waals surface area contributed by atoms with Crippen molar-refractivity contribution >= 4 is 50.6 Å². The van der Waals surface area contributed by atoms with Crippen molar-refractivity contribution in [3.8, 4) is 11.5 Å². The number of nitrogens with zero attached hydrogens (tertiary/aromatic N) is 2. The van der Waals surface area contributed by atoms with E-state index in [1.165, 1.54) is 18.2 Å². The molecule has 12 heteroatoms. The summed E-state index contributed by atoms with van der Waals surface area (Å²) in [5, 5.41) is 10.9. The highest BCUT2D eigenvalue weighted by atomic mass is 79.9. The summed E-state index contributed by atoms with van der Waals surface area (Å²) in [7, 11) is 0. The van der Waals surface area contributed by atoms with Gasteiger partial charge in [-0.2, -0.15) is 13.2 Å². The Morgan fingerprint density at radius 1 is 1.06 bits per heavy atom. The van der Waals surface area contributed by atoms with Crippen LogP contribution in [0.4, 0.5) is 23.7 Å². The third-order valence-electron chi connectivity index (χ3n) is 4.97. The highest BCUT2D eigenvalue weighted by molar-refractivity contribution is 9.10. The van der Waals surface area contributed by atoms with Crippen molar-refractivity contribution in [2.45, 2.75) is 12.7 Å². The molecule has 0 N–H and O–H groups in total. The molecule has 1 saturated heterocycles. The van der Waals surface area contributed by atoms with Crippen molar-refractivity contribution in [1.29, 1.82) is 0 Å². The Balaban J connectivity index is 1.55. The number of carbonyl (C=O) groups is 2. The quantitative estimate of drug-likeness (QED) is 0.172. The second-order valence-electron chi connectivity index (χ2n) is 7.51. The van der Waals surface area contributed by atoms with Crippen LogP contribution < -0.4 is 4.74 Å². The minimum Gasteiger partial charge on any atom is -0.450 e. The number of nitro groups is 1. The van der Waals surface area contributed by atoms with E-state index in [0.29, 0.717) is 17.7 Å². The summed E-state index contributed by atoms with van der Waals surface area (Å²) in [6, 6.07) is 15.2. The normalized spacial score (nSPS) is 15.0. The molecule has 1 aliphatic heterocycles.